The number of ether oxygens (including phenoxy) is 2. The van der Waals surface area contributed by atoms with Crippen molar-refractivity contribution in [1.29, 1.82) is 0 Å². The Hall–Kier alpha value is -1.66. The minimum Gasteiger partial charge on any atom is -0.494 e. The summed E-state index contributed by atoms with van der Waals surface area (Å²) in [4.78, 5) is 13.0. The molecule has 0 aliphatic carbocycles. The lowest BCUT2D eigenvalue weighted by atomic mass is 9.94. The lowest BCUT2D eigenvalue weighted by Crippen LogP contribution is -2.35. The van der Waals surface area contributed by atoms with Gasteiger partial charge in [0.1, 0.15) is 11.4 Å². The summed E-state index contributed by atoms with van der Waals surface area (Å²) in [5.41, 5.74) is 2.25. The molecule has 0 aromatic heterocycles. The van der Waals surface area contributed by atoms with E-state index < -0.39 is 11.7 Å². The van der Waals surface area contributed by atoms with Crippen LogP contribution in [0.5, 0.6) is 5.75 Å². The number of hydrogen-bond donors (Lipinski definition) is 1. The Morgan fingerprint density at radius 1 is 1.19 bits per heavy atom. The molecule has 144 valence electrons. The standard InChI is InChI=1S/C21H24BrNO3S/c1-14-6-8-16(9-7-14)27-11-5-4-10-25-15-12-17-19(18(22)13-15)23-20(24)26-21(17,2)3/h6-9,12-13H,4-5,10-11H2,1-3H3,(H,23,24). The Labute approximate surface area is 173 Å². The highest BCUT2D eigenvalue weighted by molar-refractivity contribution is 9.10. The maximum Gasteiger partial charge on any atom is 0.412 e. The molecular formula is C21H24BrNO3S. The Morgan fingerprint density at radius 2 is 1.93 bits per heavy atom. The number of cyclic esters (lactones) is 1. The third-order valence-corrected chi connectivity index (χ3v) is 6.11. The largest absolute Gasteiger partial charge is 0.494 e. The second kappa shape index (κ2) is 8.57. The number of amides is 1. The number of fused-ring (bicyclic) bond motifs is 1. The van der Waals surface area contributed by atoms with E-state index in [2.05, 4.69) is 52.4 Å². The van der Waals surface area contributed by atoms with Crippen LogP contribution in [-0.2, 0) is 10.3 Å². The third kappa shape index (κ3) is 5.20. The van der Waals surface area contributed by atoms with E-state index in [9.17, 15) is 4.79 Å². The van der Waals surface area contributed by atoms with E-state index in [1.54, 1.807) is 0 Å². The van der Waals surface area contributed by atoms with Crippen LogP contribution in [0.15, 0.2) is 45.8 Å². The van der Waals surface area contributed by atoms with Gasteiger partial charge in [-0.05, 0) is 79.6 Å². The molecule has 0 fully saturated rings. The number of thioether (sulfide) groups is 1. The van der Waals surface area contributed by atoms with Crippen LogP contribution in [0.2, 0.25) is 0 Å². The summed E-state index contributed by atoms with van der Waals surface area (Å²) in [5.74, 6) is 1.85. The van der Waals surface area contributed by atoms with Crippen molar-refractivity contribution in [1.82, 2.24) is 0 Å². The molecule has 0 atom stereocenters. The molecule has 2 aromatic carbocycles. The second-order valence-corrected chi connectivity index (χ2v) is 9.09. The molecule has 0 saturated heterocycles. The number of carbonyl (C=O) groups excluding carboxylic acids is 1. The van der Waals surface area contributed by atoms with Gasteiger partial charge in [0.25, 0.3) is 0 Å². The average Bonchev–Trinajstić information content (AvgIpc) is 2.60. The molecule has 1 N–H and O–H groups in total. The number of carbonyl (C=O) groups is 1. The summed E-state index contributed by atoms with van der Waals surface area (Å²) >= 11 is 5.40. The lowest BCUT2D eigenvalue weighted by molar-refractivity contribution is 0.0417. The minimum absolute atomic E-state index is 0.437. The molecule has 0 unspecified atom stereocenters. The van der Waals surface area contributed by atoms with Gasteiger partial charge >= 0.3 is 6.09 Å². The van der Waals surface area contributed by atoms with E-state index in [4.69, 9.17) is 9.47 Å². The van der Waals surface area contributed by atoms with Crippen molar-refractivity contribution < 1.29 is 14.3 Å². The summed E-state index contributed by atoms with van der Waals surface area (Å²) in [5, 5.41) is 2.75. The topological polar surface area (TPSA) is 47.6 Å². The zero-order valence-corrected chi connectivity index (χ0v) is 18.2. The molecule has 2 aromatic rings. The van der Waals surface area contributed by atoms with Gasteiger partial charge in [-0.25, -0.2) is 4.79 Å². The summed E-state index contributed by atoms with van der Waals surface area (Å²) < 4.78 is 12.1. The van der Waals surface area contributed by atoms with Crippen molar-refractivity contribution in [3.05, 3.63) is 52.0 Å². The number of anilines is 1. The number of rotatable bonds is 7. The average molecular weight is 450 g/mol. The van der Waals surface area contributed by atoms with Crippen LogP contribution >= 0.6 is 27.7 Å². The molecule has 0 bridgehead atoms. The molecule has 6 heteroatoms. The van der Waals surface area contributed by atoms with Crippen LogP contribution in [-0.4, -0.2) is 18.5 Å². The predicted octanol–water partition coefficient (Wildman–Crippen LogP) is 6.51. The molecular weight excluding hydrogens is 426 g/mol. The highest BCUT2D eigenvalue weighted by Gasteiger charge is 2.35. The molecule has 0 spiro atoms. The van der Waals surface area contributed by atoms with Crippen LogP contribution in [0.1, 0.15) is 37.8 Å². The Morgan fingerprint density at radius 3 is 2.67 bits per heavy atom. The first-order chi connectivity index (χ1) is 12.8. The Bertz CT molecular complexity index is 821. The quantitative estimate of drug-likeness (QED) is 0.386. The molecule has 4 nitrogen and oxygen atoms in total. The lowest BCUT2D eigenvalue weighted by Gasteiger charge is -2.33. The predicted molar refractivity (Wildman–Crippen MR) is 114 cm³/mol. The zero-order valence-electron chi connectivity index (χ0n) is 15.8. The zero-order chi connectivity index (χ0) is 19.4. The van der Waals surface area contributed by atoms with Crippen LogP contribution in [0, 0.1) is 6.92 Å². The second-order valence-electron chi connectivity index (χ2n) is 7.07. The fraction of sp³-hybridized carbons (Fsp3) is 0.381. The molecule has 3 rings (SSSR count). The Kier molecular flexibility index (Phi) is 6.37. The number of aryl methyl sites for hydroxylation is 1. The maximum atomic E-state index is 11.7. The van der Waals surface area contributed by atoms with Crippen LogP contribution < -0.4 is 10.1 Å². The monoisotopic (exact) mass is 449 g/mol. The van der Waals surface area contributed by atoms with Gasteiger partial charge in [-0.2, -0.15) is 0 Å². The SMILES string of the molecule is Cc1ccc(SCCCCOc2cc(Br)c3c(c2)C(C)(C)OC(=O)N3)cc1. The van der Waals surface area contributed by atoms with Crippen molar-refractivity contribution >= 4 is 39.5 Å². The molecule has 1 aliphatic heterocycles. The van der Waals surface area contributed by atoms with E-state index in [1.807, 2.05) is 37.7 Å². The van der Waals surface area contributed by atoms with E-state index in [-0.39, 0.29) is 0 Å². The number of nitrogens with one attached hydrogen (secondary N) is 1. The fourth-order valence-corrected chi connectivity index (χ4v) is 4.35. The number of hydrogen-bond acceptors (Lipinski definition) is 4. The molecule has 0 saturated carbocycles. The highest BCUT2D eigenvalue weighted by Crippen LogP contribution is 2.42. The van der Waals surface area contributed by atoms with Crippen LogP contribution in [0.3, 0.4) is 0 Å². The van der Waals surface area contributed by atoms with E-state index >= 15 is 0 Å². The van der Waals surface area contributed by atoms with Crippen LogP contribution in [0.4, 0.5) is 10.5 Å². The van der Waals surface area contributed by atoms with Gasteiger partial charge in [0.05, 0.1) is 12.3 Å². The number of benzene rings is 2. The van der Waals surface area contributed by atoms with Crippen molar-refractivity contribution in [2.24, 2.45) is 0 Å². The molecule has 0 radical (unpaired) electrons. The fourth-order valence-electron chi connectivity index (χ4n) is 2.90. The van der Waals surface area contributed by atoms with Crippen LogP contribution in [0.25, 0.3) is 0 Å². The molecule has 1 amide bonds. The minimum atomic E-state index is -0.690. The molecule has 1 aliphatic rings. The summed E-state index contributed by atoms with van der Waals surface area (Å²) in [7, 11) is 0. The smallest absolute Gasteiger partial charge is 0.412 e. The summed E-state index contributed by atoms with van der Waals surface area (Å²) in [6.45, 7) is 6.52. The first-order valence-corrected chi connectivity index (χ1v) is 10.8. The maximum absolute atomic E-state index is 11.7. The van der Waals surface area contributed by atoms with Gasteiger partial charge in [0.2, 0.25) is 0 Å². The Balaban J connectivity index is 1.49. The summed E-state index contributed by atoms with van der Waals surface area (Å²) in [6, 6.07) is 12.5. The van der Waals surface area contributed by atoms with Crippen molar-refractivity contribution in [2.75, 3.05) is 17.7 Å². The molecule has 27 heavy (non-hydrogen) atoms. The molecule has 1 heterocycles. The summed E-state index contributed by atoms with van der Waals surface area (Å²) in [6.07, 6.45) is 1.65. The van der Waals surface area contributed by atoms with Crippen molar-refractivity contribution in [3.8, 4) is 5.75 Å². The third-order valence-electron chi connectivity index (χ3n) is 4.38. The van der Waals surface area contributed by atoms with Gasteiger partial charge in [-0.15, -0.1) is 11.8 Å². The van der Waals surface area contributed by atoms with E-state index in [0.717, 1.165) is 40.1 Å². The van der Waals surface area contributed by atoms with Gasteiger partial charge < -0.3 is 9.47 Å². The number of halogens is 1. The van der Waals surface area contributed by atoms with Gasteiger partial charge in [0.15, 0.2) is 0 Å². The van der Waals surface area contributed by atoms with E-state index in [1.165, 1.54) is 10.5 Å². The highest BCUT2D eigenvalue weighted by atomic mass is 79.9. The van der Waals surface area contributed by atoms with Gasteiger partial charge in [-0.3, -0.25) is 5.32 Å². The van der Waals surface area contributed by atoms with Gasteiger partial charge in [-0.1, -0.05) is 17.7 Å². The van der Waals surface area contributed by atoms with Gasteiger partial charge in [0, 0.05) is 14.9 Å². The first kappa shape index (κ1) is 20.1. The van der Waals surface area contributed by atoms with Crippen molar-refractivity contribution in [3.63, 3.8) is 0 Å². The van der Waals surface area contributed by atoms with Crippen molar-refractivity contribution in [2.45, 2.75) is 44.1 Å². The first-order valence-electron chi connectivity index (χ1n) is 9.01. The number of unbranched alkanes of at least 4 members (excludes halogenated alkanes) is 1. The normalized spacial score (nSPS) is 14.9. The van der Waals surface area contributed by atoms with E-state index in [0.29, 0.717) is 6.61 Å².